The van der Waals surface area contributed by atoms with Crippen LogP contribution in [0.5, 0.6) is 0 Å². The summed E-state index contributed by atoms with van der Waals surface area (Å²) in [6, 6.07) is 5.21. The van der Waals surface area contributed by atoms with E-state index in [4.69, 9.17) is 0 Å². The molecule has 0 spiro atoms. The van der Waals surface area contributed by atoms with Crippen molar-refractivity contribution in [1.29, 1.82) is 0 Å². The van der Waals surface area contributed by atoms with E-state index in [-0.39, 0.29) is 6.54 Å². The van der Waals surface area contributed by atoms with E-state index in [1.54, 1.807) is 25.4 Å². The summed E-state index contributed by atoms with van der Waals surface area (Å²) in [6.07, 6.45) is 2.77. The van der Waals surface area contributed by atoms with Gasteiger partial charge in [0.1, 0.15) is 5.56 Å². The average Bonchev–Trinajstić information content (AvgIpc) is 2.97. The third kappa shape index (κ3) is 2.32. The molecular formula is C16H16N4O4. The number of carbonyl (C=O) groups is 1. The van der Waals surface area contributed by atoms with Crippen LogP contribution in [0.1, 0.15) is 24.2 Å². The Morgan fingerprint density at radius 3 is 2.58 bits per heavy atom. The first-order valence-electron chi connectivity index (χ1n) is 7.53. The number of hydrogen-bond donors (Lipinski definition) is 1. The first-order chi connectivity index (χ1) is 11.5. The summed E-state index contributed by atoms with van der Waals surface area (Å²) in [6.45, 7) is 4.46. The molecule has 0 aliphatic carbocycles. The van der Waals surface area contributed by atoms with Gasteiger partial charge in [0.25, 0.3) is 5.56 Å². The molecule has 0 amide bonds. The molecule has 0 unspecified atom stereocenters. The predicted molar refractivity (Wildman–Crippen MR) is 87.9 cm³/mol. The molecule has 0 atom stereocenters. The molecule has 1 aromatic carbocycles. The smallest absolute Gasteiger partial charge is 0.342 e. The second-order valence-electron chi connectivity index (χ2n) is 5.25. The molecule has 124 valence electrons. The molecule has 0 aliphatic heterocycles. The maximum atomic E-state index is 12.5. The van der Waals surface area contributed by atoms with E-state index in [1.165, 1.54) is 4.57 Å². The molecule has 1 N–H and O–H groups in total. The minimum Gasteiger partial charge on any atom is -0.477 e. The van der Waals surface area contributed by atoms with Crippen LogP contribution in [0.25, 0.3) is 16.7 Å². The number of carboxylic acid groups (broad SMARTS) is 1. The highest BCUT2D eigenvalue weighted by atomic mass is 16.4. The Morgan fingerprint density at radius 2 is 1.96 bits per heavy atom. The third-order valence-corrected chi connectivity index (χ3v) is 3.94. The summed E-state index contributed by atoms with van der Waals surface area (Å²) in [4.78, 5) is 40.1. The first-order valence-corrected chi connectivity index (χ1v) is 7.53. The van der Waals surface area contributed by atoms with E-state index >= 15 is 0 Å². The van der Waals surface area contributed by atoms with Gasteiger partial charge in [-0.05, 0) is 32.0 Å². The molecule has 24 heavy (non-hydrogen) atoms. The molecule has 0 saturated carbocycles. The number of fused-ring (bicyclic) bond motifs is 1. The highest BCUT2D eigenvalue weighted by Crippen LogP contribution is 2.17. The van der Waals surface area contributed by atoms with E-state index in [2.05, 4.69) is 4.98 Å². The lowest BCUT2D eigenvalue weighted by atomic mass is 10.2. The summed E-state index contributed by atoms with van der Waals surface area (Å²) in [5.41, 5.74) is 0.225. The first kappa shape index (κ1) is 15.7. The maximum Gasteiger partial charge on any atom is 0.342 e. The molecule has 0 saturated heterocycles. The lowest BCUT2D eigenvalue weighted by molar-refractivity contribution is 0.0693. The van der Waals surface area contributed by atoms with Gasteiger partial charge in [0, 0.05) is 19.3 Å². The fourth-order valence-corrected chi connectivity index (χ4v) is 2.67. The fraction of sp³-hybridized carbons (Fsp3) is 0.250. The highest BCUT2D eigenvalue weighted by molar-refractivity contribution is 5.87. The van der Waals surface area contributed by atoms with Crippen LogP contribution in [-0.2, 0) is 13.1 Å². The zero-order valence-electron chi connectivity index (χ0n) is 13.3. The summed E-state index contributed by atoms with van der Waals surface area (Å²) in [7, 11) is 0. The van der Waals surface area contributed by atoms with Gasteiger partial charge in [0.2, 0.25) is 0 Å². The minimum atomic E-state index is -1.37. The van der Waals surface area contributed by atoms with Crippen molar-refractivity contribution in [1.82, 2.24) is 18.7 Å². The number of aryl methyl sites for hydroxylation is 1. The van der Waals surface area contributed by atoms with Crippen LogP contribution in [0, 0.1) is 0 Å². The zero-order valence-corrected chi connectivity index (χ0v) is 13.3. The molecule has 2 aromatic heterocycles. The average molecular weight is 328 g/mol. The Labute approximate surface area is 136 Å². The van der Waals surface area contributed by atoms with Crippen molar-refractivity contribution in [2.45, 2.75) is 26.9 Å². The molecule has 3 aromatic rings. The van der Waals surface area contributed by atoms with Gasteiger partial charge in [0.05, 0.1) is 23.0 Å². The fourth-order valence-electron chi connectivity index (χ4n) is 2.67. The second-order valence-corrected chi connectivity index (χ2v) is 5.25. The van der Waals surface area contributed by atoms with Crippen LogP contribution < -0.4 is 11.2 Å². The lowest BCUT2D eigenvalue weighted by Gasteiger charge is -2.10. The number of carboxylic acids is 1. The van der Waals surface area contributed by atoms with Crippen molar-refractivity contribution in [2.24, 2.45) is 0 Å². The monoisotopic (exact) mass is 328 g/mol. The topological polar surface area (TPSA) is 99.1 Å². The SMILES string of the molecule is CCn1c(=O)c(C(=O)O)cn(-c2ccc3c(c2)ncn3CC)c1=O. The Bertz CT molecular complexity index is 1060. The molecule has 0 fully saturated rings. The molecule has 8 heteroatoms. The van der Waals surface area contributed by atoms with Gasteiger partial charge in [-0.1, -0.05) is 0 Å². The number of rotatable bonds is 4. The Morgan fingerprint density at radius 1 is 1.21 bits per heavy atom. The Kier molecular flexibility index (Phi) is 3.80. The van der Waals surface area contributed by atoms with Crippen LogP contribution in [0.15, 0.2) is 40.3 Å². The van der Waals surface area contributed by atoms with Gasteiger partial charge in [-0.3, -0.25) is 13.9 Å². The number of aromatic nitrogens is 4. The van der Waals surface area contributed by atoms with Crippen molar-refractivity contribution in [2.75, 3.05) is 0 Å². The molecule has 0 bridgehead atoms. The molecule has 8 nitrogen and oxygen atoms in total. The molecular weight excluding hydrogens is 312 g/mol. The second kappa shape index (κ2) is 5.80. The molecule has 3 rings (SSSR count). The van der Waals surface area contributed by atoms with Crippen molar-refractivity contribution in [3.8, 4) is 5.69 Å². The van der Waals surface area contributed by atoms with Crippen LogP contribution >= 0.6 is 0 Å². The van der Waals surface area contributed by atoms with Crippen LogP contribution in [0.4, 0.5) is 0 Å². The number of aromatic carboxylic acids is 1. The van der Waals surface area contributed by atoms with Gasteiger partial charge in [-0.15, -0.1) is 0 Å². The molecule has 2 heterocycles. The van der Waals surface area contributed by atoms with Crippen LogP contribution in [-0.4, -0.2) is 29.8 Å². The number of benzene rings is 1. The lowest BCUT2D eigenvalue weighted by Crippen LogP contribution is -2.41. The third-order valence-electron chi connectivity index (χ3n) is 3.94. The van der Waals surface area contributed by atoms with E-state index in [9.17, 15) is 19.5 Å². The zero-order chi connectivity index (χ0) is 17.4. The van der Waals surface area contributed by atoms with E-state index in [1.807, 2.05) is 17.6 Å². The summed E-state index contributed by atoms with van der Waals surface area (Å²) in [5.74, 6) is -1.37. The summed E-state index contributed by atoms with van der Waals surface area (Å²) in [5, 5.41) is 9.21. The van der Waals surface area contributed by atoms with Crippen LogP contribution in [0.2, 0.25) is 0 Å². The number of imidazole rings is 1. The van der Waals surface area contributed by atoms with E-state index in [0.29, 0.717) is 11.2 Å². The van der Waals surface area contributed by atoms with Crippen molar-refractivity contribution in [3.63, 3.8) is 0 Å². The quantitative estimate of drug-likeness (QED) is 0.773. The molecule has 0 radical (unpaired) electrons. The largest absolute Gasteiger partial charge is 0.477 e. The van der Waals surface area contributed by atoms with Gasteiger partial charge in [0.15, 0.2) is 0 Å². The predicted octanol–water partition coefficient (Wildman–Crippen LogP) is 1.09. The van der Waals surface area contributed by atoms with Crippen molar-refractivity contribution >= 4 is 17.0 Å². The minimum absolute atomic E-state index is 0.0888. The Hall–Kier alpha value is -3.16. The van der Waals surface area contributed by atoms with Crippen molar-refractivity contribution in [3.05, 3.63) is 57.1 Å². The summed E-state index contributed by atoms with van der Waals surface area (Å²) < 4.78 is 4.02. The number of hydrogen-bond acceptors (Lipinski definition) is 4. The van der Waals surface area contributed by atoms with Gasteiger partial charge in [-0.25, -0.2) is 14.6 Å². The number of nitrogens with zero attached hydrogens (tertiary/aromatic N) is 4. The highest BCUT2D eigenvalue weighted by Gasteiger charge is 2.17. The maximum absolute atomic E-state index is 12.5. The van der Waals surface area contributed by atoms with E-state index in [0.717, 1.165) is 22.8 Å². The normalized spacial score (nSPS) is 11.1. The van der Waals surface area contributed by atoms with Gasteiger partial charge >= 0.3 is 11.7 Å². The van der Waals surface area contributed by atoms with E-state index < -0.39 is 22.8 Å². The molecule has 0 aliphatic rings. The van der Waals surface area contributed by atoms with Gasteiger partial charge < -0.3 is 9.67 Å². The van der Waals surface area contributed by atoms with Crippen molar-refractivity contribution < 1.29 is 9.90 Å². The van der Waals surface area contributed by atoms with Gasteiger partial charge in [-0.2, -0.15) is 0 Å². The standard InChI is InChI=1S/C16H16N4O4/c1-3-18-9-17-12-7-10(5-6-13(12)18)20-8-11(15(22)23)14(21)19(4-2)16(20)24/h5-9H,3-4H2,1-2H3,(H,22,23). The Balaban J connectivity index is 2.29. The van der Waals surface area contributed by atoms with Crippen LogP contribution in [0.3, 0.4) is 0 Å². The summed E-state index contributed by atoms with van der Waals surface area (Å²) >= 11 is 0.